The molecule has 36 heavy (non-hydrogen) atoms. The third-order valence-electron chi connectivity index (χ3n) is 6.32. The summed E-state index contributed by atoms with van der Waals surface area (Å²) in [6, 6.07) is 14.6. The van der Waals surface area contributed by atoms with Crippen molar-refractivity contribution >= 4 is 46.2 Å². The molecule has 1 heterocycles. The van der Waals surface area contributed by atoms with E-state index in [2.05, 4.69) is 27.5 Å². The zero-order valence-electron chi connectivity index (χ0n) is 20.5. The monoisotopic (exact) mass is 509 g/mol. The minimum atomic E-state index is -0.626. The van der Waals surface area contributed by atoms with Crippen molar-refractivity contribution in [2.75, 3.05) is 54.5 Å². The van der Waals surface area contributed by atoms with Crippen molar-refractivity contribution in [3.05, 3.63) is 70.5 Å². The Morgan fingerprint density at radius 3 is 2.25 bits per heavy atom. The lowest BCUT2D eigenvalue weighted by Gasteiger charge is -2.35. The van der Waals surface area contributed by atoms with Crippen molar-refractivity contribution < 1.29 is 14.0 Å². The number of hydrogen-bond donors (Lipinski definition) is 3. The minimum Gasteiger partial charge on any atom is -0.396 e. The van der Waals surface area contributed by atoms with E-state index in [-0.39, 0.29) is 27.7 Å². The molecule has 0 aromatic heterocycles. The van der Waals surface area contributed by atoms with E-state index >= 15 is 0 Å². The Morgan fingerprint density at radius 1 is 0.972 bits per heavy atom. The number of nitrogens with zero attached hydrogens (tertiary/aromatic N) is 2. The van der Waals surface area contributed by atoms with Crippen molar-refractivity contribution in [1.29, 1.82) is 0 Å². The van der Waals surface area contributed by atoms with Gasteiger partial charge in [-0.3, -0.25) is 9.59 Å². The summed E-state index contributed by atoms with van der Waals surface area (Å²) < 4.78 is 14.2. The first-order chi connectivity index (χ1) is 17.1. The van der Waals surface area contributed by atoms with Crippen LogP contribution in [0, 0.1) is 12.7 Å². The topological polar surface area (TPSA) is 90.7 Å². The van der Waals surface area contributed by atoms with Gasteiger partial charge in [-0.15, -0.1) is 0 Å². The van der Waals surface area contributed by atoms with Crippen LogP contribution < -0.4 is 21.3 Å². The van der Waals surface area contributed by atoms with Gasteiger partial charge < -0.3 is 26.2 Å². The summed E-state index contributed by atoms with van der Waals surface area (Å²) in [7, 11) is 2.08. The van der Waals surface area contributed by atoms with Gasteiger partial charge in [0.15, 0.2) is 5.82 Å². The highest BCUT2D eigenvalue weighted by Gasteiger charge is 2.22. The van der Waals surface area contributed by atoms with Gasteiger partial charge in [-0.25, -0.2) is 4.39 Å². The second-order valence-electron chi connectivity index (χ2n) is 9.00. The fraction of sp³-hybridized carbons (Fsp3) is 0.259. The number of carbonyl (C=O) groups is 2. The fourth-order valence-corrected chi connectivity index (χ4v) is 4.46. The Kier molecular flexibility index (Phi) is 7.47. The lowest BCUT2D eigenvalue weighted by Crippen LogP contribution is -2.44. The third kappa shape index (κ3) is 5.45. The Bertz CT molecular complexity index is 1300. The van der Waals surface area contributed by atoms with Gasteiger partial charge in [0.1, 0.15) is 0 Å². The average molecular weight is 510 g/mol. The molecule has 7 nitrogen and oxygen atoms in total. The van der Waals surface area contributed by atoms with Gasteiger partial charge in [0, 0.05) is 44.4 Å². The number of nitrogens with two attached hydrogens (primary N) is 1. The van der Waals surface area contributed by atoms with Crippen LogP contribution >= 0.6 is 11.6 Å². The number of anilines is 4. The molecule has 0 aliphatic carbocycles. The van der Waals surface area contributed by atoms with Crippen LogP contribution in [0.1, 0.15) is 22.8 Å². The van der Waals surface area contributed by atoms with Gasteiger partial charge in [-0.2, -0.15) is 0 Å². The molecule has 2 amide bonds. The summed E-state index contributed by atoms with van der Waals surface area (Å²) in [5, 5.41) is 5.77. The first kappa shape index (κ1) is 25.5. The lowest BCUT2D eigenvalue weighted by molar-refractivity contribution is -0.114. The molecule has 188 valence electrons. The standard InChI is InChI=1S/C27H29ClFN5O2/c1-16-25(28)21(15-22(30)26(16)29)27(36)32-23-14-19(18-4-7-20(8-5-18)31-17(2)35)6-9-24(23)34-12-10-33(3)11-13-34/h4-9,14-15H,10-13,30H2,1-3H3,(H,31,35)(H,32,36). The van der Waals surface area contributed by atoms with E-state index in [0.29, 0.717) is 11.4 Å². The zero-order chi connectivity index (χ0) is 26.0. The van der Waals surface area contributed by atoms with Gasteiger partial charge in [0.05, 0.1) is 27.6 Å². The first-order valence-electron chi connectivity index (χ1n) is 11.6. The number of nitrogen functional groups attached to an aromatic ring is 1. The van der Waals surface area contributed by atoms with E-state index in [9.17, 15) is 14.0 Å². The number of hydrogen-bond acceptors (Lipinski definition) is 5. The molecule has 9 heteroatoms. The van der Waals surface area contributed by atoms with E-state index in [1.807, 2.05) is 42.5 Å². The van der Waals surface area contributed by atoms with Gasteiger partial charge in [-0.1, -0.05) is 29.8 Å². The normalized spacial score (nSPS) is 14.0. The summed E-state index contributed by atoms with van der Waals surface area (Å²) >= 11 is 6.31. The molecular weight excluding hydrogens is 481 g/mol. The van der Waals surface area contributed by atoms with Crippen molar-refractivity contribution in [3.63, 3.8) is 0 Å². The molecule has 0 saturated carbocycles. The second-order valence-corrected chi connectivity index (χ2v) is 9.38. The second kappa shape index (κ2) is 10.6. The number of amides is 2. The highest BCUT2D eigenvalue weighted by Crippen LogP contribution is 2.34. The number of benzene rings is 3. The van der Waals surface area contributed by atoms with Crippen molar-refractivity contribution in [2.45, 2.75) is 13.8 Å². The molecule has 1 aliphatic heterocycles. The van der Waals surface area contributed by atoms with Crippen LogP contribution in [0.3, 0.4) is 0 Å². The maximum absolute atomic E-state index is 14.2. The molecule has 4 N–H and O–H groups in total. The van der Waals surface area contributed by atoms with Crippen molar-refractivity contribution in [3.8, 4) is 11.1 Å². The Morgan fingerprint density at radius 2 is 1.61 bits per heavy atom. The van der Waals surface area contributed by atoms with Gasteiger partial charge in [0.25, 0.3) is 5.91 Å². The highest BCUT2D eigenvalue weighted by atomic mass is 35.5. The summed E-state index contributed by atoms with van der Waals surface area (Å²) in [6.45, 7) is 6.38. The van der Waals surface area contributed by atoms with Crippen LogP contribution in [-0.2, 0) is 4.79 Å². The van der Waals surface area contributed by atoms with Crippen LogP contribution in [0.15, 0.2) is 48.5 Å². The lowest BCUT2D eigenvalue weighted by atomic mass is 10.0. The molecule has 3 aromatic rings. The van der Waals surface area contributed by atoms with E-state index in [0.717, 1.165) is 43.0 Å². The first-order valence-corrected chi connectivity index (χ1v) is 12.0. The predicted molar refractivity (Wildman–Crippen MR) is 144 cm³/mol. The van der Waals surface area contributed by atoms with E-state index in [1.54, 1.807) is 0 Å². The van der Waals surface area contributed by atoms with Gasteiger partial charge >= 0.3 is 0 Å². The summed E-state index contributed by atoms with van der Waals surface area (Å²) in [5.74, 6) is -1.23. The van der Waals surface area contributed by atoms with Crippen LogP contribution in [-0.4, -0.2) is 49.9 Å². The van der Waals surface area contributed by atoms with Crippen LogP contribution in [0.5, 0.6) is 0 Å². The number of nitrogens with one attached hydrogen (secondary N) is 2. The molecule has 3 aromatic carbocycles. The van der Waals surface area contributed by atoms with Gasteiger partial charge in [-0.05, 0) is 55.4 Å². The van der Waals surface area contributed by atoms with E-state index < -0.39 is 11.7 Å². The smallest absolute Gasteiger partial charge is 0.257 e. The van der Waals surface area contributed by atoms with Crippen LogP contribution in [0.4, 0.5) is 27.1 Å². The molecule has 4 rings (SSSR count). The van der Waals surface area contributed by atoms with Crippen LogP contribution in [0.25, 0.3) is 11.1 Å². The van der Waals surface area contributed by atoms with Gasteiger partial charge in [0.2, 0.25) is 5.91 Å². The SMILES string of the molecule is CC(=O)Nc1ccc(-c2ccc(N3CCN(C)CC3)c(NC(=O)c3cc(N)c(F)c(C)c3Cl)c2)cc1. The quantitative estimate of drug-likeness (QED) is 0.421. The van der Waals surface area contributed by atoms with E-state index in [4.69, 9.17) is 17.3 Å². The zero-order valence-corrected chi connectivity index (χ0v) is 21.2. The Hall–Kier alpha value is -3.62. The highest BCUT2D eigenvalue weighted by molar-refractivity contribution is 6.35. The number of halogens is 2. The minimum absolute atomic E-state index is 0.0325. The molecule has 0 unspecified atom stereocenters. The Labute approximate surface area is 215 Å². The number of rotatable bonds is 5. The number of likely N-dealkylation sites (N-methyl/N-ethyl adjacent to an activating group) is 1. The molecule has 0 atom stereocenters. The molecule has 1 saturated heterocycles. The number of piperazine rings is 1. The molecule has 0 bridgehead atoms. The molecular formula is C27H29ClFN5O2. The number of carbonyl (C=O) groups excluding carboxylic acids is 2. The molecule has 1 aliphatic rings. The fourth-order valence-electron chi connectivity index (χ4n) is 4.24. The molecule has 0 radical (unpaired) electrons. The molecule has 0 spiro atoms. The summed E-state index contributed by atoms with van der Waals surface area (Å²) in [5.41, 5.74) is 9.90. The summed E-state index contributed by atoms with van der Waals surface area (Å²) in [6.07, 6.45) is 0. The van der Waals surface area contributed by atoms with Crippen LogP contribution in [0.2, 0.25) is 5.02 Å². The van der Waals surface area contributed by atoms with Crippen molar-refractivity contribution in [1.82, 2.24) is 4.90 Å². The van der Waals surface area contributed by atoms with Crippen molar-refractivity contribution in [2.24, 2.45) is 0 Å². The third-order valence-corrected chi connectivity index (χ3v) is 6.81. The molecule has 1 fully saturated rings. The largest absolute Gasteiger partial charge is 0.396 e. The average Bonchev–Trinajstić information content (AvgIpc) is 2.85. The Balaban J connectivity index is 1.70. The van der Waals surface area contributed by atoms with E-state index in [1.165, 1.54) is 19.9 Å². The maximum Gasteiger partial charge on any atom is 0.257 e. The predicted octanol–water partition coefficient (Wildman–Crippen LogP) is 5.00. The summed E-state index contributed by atoms with van der Waals surface area (Å²) in [4.78, 5) is 29.1. The maximum atomic E-state index is 14.2.